The second kappa shape index (κ2) is 13.0. The highest BCUT2D eigenvalue weighted by Crippen LogP contribution is 2.25. The van der Waals surface area contributed by atoms with E-state index in [1.807, 2.05) is 12.1 Å². The number of anilines is 1. The van der Waals surface area contributed by atoms with Gasteiger partial charge in [0.25, 0.3) is 0 Å². The third-order valence-electron chi connectivity index (χ3n) is 6.99. The molecule has 6 nitrogen and oxygen atoms in total. The molecule has 36 heavy (non-hydrogen) atoms. The highest BCUT2D eigenvalue weighted by atomic mass is 35.5. The predicted octanol–water partition coefficient (Wildman–Crippen LogP) is 5.85. The molecule has 2 aromatic carbocycles. The van der Waals surface area contributed by atoms with Gasteiger partial charge in [-0.25, -0.2) is 9.97 Å². The van der Waals surface area contributed by atoms with E-state index in [0.717, 1.165) is 36.3 Å². The molecule has 0 bridgehead atoms. The van der Waals surface area contributed by atoms with Gasteiger partial charge in [-0.05, 0) is 87.3 Å². The summed E-state index contributed by atoms with van der Waals surface area (Å²) in [5.74, 6) is 0.711. The van der Waals surface area contributed by atoms with E-state index in [4.69, 9.17) is 16.6 Å². The van der Waals surface area contributed by atoms with Gasteiger partial charge in [-0.3, -0.25) is 4.90 Å². The van der Waals surface area contributed by atoms with Crippen molar-refractivity contribution in [3.63, 3.8) is 0 Å². The average Bonchev–Trinajstić information content (AvgIpc) is 2.90. The van der Waals surface area contributed by atoms with Crippen LogP contribution in [0.25, 0.3) is 11.3 Å². The highest BCUT2D eigenvalue weighted by molar-refractivity contribution is 6.32. The monoisotopic (exact) mass is 507 g/mol. The Morgan fingerprint density at radius 2 is 1.92 bits per heavy atom. The van der Waals surface area contributed by atoms with Crippen molar-refractivity contribution >= 4 is 17.5 Å². The van der Waals surface area contributed by atoms with Crippen LogP contribution >= 0.6 is 11.6 Å². The highest BCUT2D eigenvalue weighted by Gasteiger charge is 2.23. The van der Waals surface area contributed by atoms with Crippen molar-refractivity contribution in [1.82, 2.24) is 19.8 Å². The number of nitrogens with one attached hydrogen (secondary N) is 1. The Morgan fingerprint density at radius 1 is 1.08 bits per heavy atom. The van der Waals surface area contributed by atoms with Crippen LogP contribution in [0.5, 0.6) is 5.75 Å². The van der Waals surface area contributed by atoms with Crippen molar-refractivity contribution in [3.05, 3.63) is 70.9 Å². The molecule has 3 aromatic rings. The number of benzene rings is 2. The molecule has 1 aliphatic rings. The van der Waals surface area contributed by atoms with Crippen molar-refractivity contribution in [2.24, 2.45) is 0 Å². The van der Waals surface area contributed by atoms with Crippen LogP contribution in [0.2, 0.25) is 5.02 Å². The predicted molar refractivity (Wildman–Crippen MR) is 149 cm³/mol. The quantitative estimate of drug-likeness (QED) is 0.339. The Hall–Kier alpha value is -2.67. The number of phenols is 1. The number of rotatable bonds is 11. The van der Waals surface area contributed by atoms with Crippen molar-refractivity contribution in [2.75, 3.05) is 38.0 Å². The van der Waals surface area contributed by atoms with Gasteiger partial charge in [-0.15, -0.1) is 0 Å². The maximum Gasteiger partial charge on any atom is 0.223 e. The summed E-state index contributed by atoms with van der Waals surface area (Å²) < 4.78 is 0. The Kier molecular flexibility index (Phi) is 9.56. The molecule has 0 aliphatic carbocycles. The molecule has 7 heteroatoms. The summed E-state index contributed by atoms with van der Waals surface area (Å²) in [7, 11) is 0. The first-order valence-corrected chi connectivity index (χ1v) is 13.5. The number of hydrogen-bond donors (Lipinski definition) is 2. The minimum absolute atomic E-state index is 0.103. The van der Waals surface area contributed by atoms with Crippen LogP contribution in [0.4, 0.5) is 5.95 Å². The Morgan fingerprint density at radius 3 is 2.67 bits per heavy atom. The SMILES string of the molecule is CCCN1CCC(N(CC)Cc2cccc(-c3ccnc(NCCc4ccc(O)c(Cl)c4)n3)c2)CC1. The molecule has 1 aromatic heterocycles. The van der Waals surface area contributed by atoms with Gasteiger partial charge in [0.2, 0.25) is 5.95 Å². The Bertz CT molecular complexity index is 1120. The van der Waals surface area contributed by atoms with Crippen LogP contribution in [-0.4, -0.2) is 63.6 Å². The molecular weight excluding hydrogens is 470 g/mol. The number of aromatic nitrogens is 2. The zero-order chi connectivity index (χ0) is 25.3. The van der Waals surface area contributed by atoms with E-state index < -0.39 is 0 Å². The van der Waals surface area contributed by atoms with Gasteiger partial charge in [0.15, 0.2) is 0 Å². The molecule has 4 rings (SSSR count). The number of likely N-dealkylation sites (tertiary alicyclic amines) is 1. The summed E-state index contributed by atoms with van der Waals surface area (Å²) in [6, 6.07) is 16.6. The van der Waals surface area contributed by atoms with E-state index in [1.165, 1.54) is 44.5 Å². The lowest BCUT2D eigenvalue weighted by atomic mass is 10.0. The minimum atomic E-state index is 0.103. The topological polar surface area (TPSA) is 64.5 Å². The number of hydrogen-bond acceptors (Lipinski definition) is 6. The van der Waals surface area contributed by atoms with Gasteiger partial charge in [0.05, 0.1) is 10.7 Å². The molecule has 1 fully saturated rings. The lowest BCUT2D eigenvalue weighted by Crippen LogP contribution is -2.44. The van der Waals surface area contributed by atoms with Crippen LogP contribution in [-0.2, 0) is 13.0 Å². The normalized spacial score (nSPS) is 14.9. The Labute approximate surface area is 220 Å². The zero-order valence-corrected chi connectivity index (χ0v) is 22.2. The van der Waals surface area contributed by atoms with Gasteiger partial charge in [-0.2, -0.15) is 0 Å². The maximum atomic E-state index is 9.59. The number of aromatic hydroxyl groups is 1. The molecule has 0 spiro atoms. The van der Waals surface area contributed by atoms with E-state index in [-0.39, 0.29) is 5.75 Å². The third kappa shape index (κ3) is 7.19. The van der Waals surface area contributed by atoms with Gasteiger partial charge < -0.3 is 15.3 Å². The lowest BCUT2D eigenvalue weighted by molar-refractivity contribution is 0.107. The molecule has 0 radical (unpaired) electrons. The lowest BCUT2D eigenvalue weighted by Gasteiger charge is -2.38. The third-order valence-corrected chi connectivity index (χ3v) is 7.30. The van der Waals surface area contributed by atoms with E-state index in [2.05, 4.69) is 58.2 Å². The summed E-state index contributed by atoms with van der Waals surface area (Å²) in [6.45, 7) is 10.9. The first-order chi connectivity index (χ1) is 17.6. The van der Waals surface area contributed by atoms with Gasteiger partial charge >= 0.3 is 0 Å². The molecule has 0 amide bonds. The van der Waals surface area contributed by atoms with E-state index in [1.54, 1.807) is 18.3 Å². The number of halogens is 1. The van der Waals surface area contributed by atoms with Crippen LogP contribution < -0.4 is 5.32 Å². The largest absolute Gasteiger partial charge is 0.506 e. The summed E-state index contributed by atoms with van der Waals surface area (Å²) in [5, 5.41) is 13.3. The molecule has 1 aliphatic heterocycles. The molecule has 2 heterocycles. The second-order valence-electron chi connectivity index (χ2n) is 9.56. The summed E-state index contributed by atoms with van der Waals surface area (Å²) in [4.78, 5) is 14.4. The maximum absolute atomic E-state index is 9.59. The van der Waals surface area contributed by atoms with Crippen LogP contribution in [0, 0.1) is 0 Å². The first kappa shape index (κ1) is 26.4. The number of nitrogens with zero attached hydrogens (tertiary/aromatic N) is 4. The second-order valence-corrected chi connectivity index (χ2v) is 9.97. The van der Waals surface area contributed by atoms with Gasteiger partial charge in [-0.1, -0.05) is 49.7 Å². The smallest absolute Gasteiger partial charge is 0.223 e. The molecule has 0 saturated carbocycles. The first-order valence-electron chi connectivity index (χ1n) is 13.2. The fourth-order valence-corrected chi connectivity index (χ4v) is 5.22. The fourth-order valence-electron chi connectivity index (χ4n) is 5.02. The van der Waals surface area contributed by atoms with Gasteiger partial charge in [0.1, 0.15) is 5.75 Å². The van der Waals surface area contributed by atoms with E-state index in [9.17, 15) is 5.11 Å². The summed E-state index contributed by atoms with van der Waals surface area (Å²) in [6.07, 6.45) is 6.31. The minimum Gasteiger partial charge on any atom is -0.506 e. The summed E-state index contributed by atoms with van der Waals surface area (Å²) in [5.41, 5.74) is 4.39. The fraction of sp³-hybridized carbons (Fsp3) is 0.448. The van der Waals surface area contributed by atoms with Crippen LogP contribution in [0.3, 0.4) is 0 Å². The van der Waals surface area contributed by atoms with Crippen LogP contribution in [0.15, 0.2) is 54.7 Å². The number of phenolic OH excluding ortho intramolecular Hbond substituents is 1. The molecule has 0 atom stereocenters. The molecule has 0 unspecified atom stereocenters. The molecule has 1 saturated heterocycles. The summed E-state index contributed by atoms with van der Waals surface area (Å²) >= 11 is 6.01. The van der Waals surface area contributed by atoms with Gasteiger partial charge in [0, 0.05) is 30.9 Å². The standard InChI is InChI=1S/C29H38ClN5O/c1-3-16-34-17-12-25(13-18-34)35(4-2)21-23-6-5-7-24(19-23)27-11-15-32-29(33-27)31-14-10-22-8-9-28(36)26(30)20-22/h5-9,11,15,19-20,25,36H,3-4,10,12-14,16-18,21H2,1-2H3,(H,31,32,33). The number of piperidine rings is 1. The van der Waals surface area contributed by atoms with Crippen LogP contribution in [0.1, 0.15) is 44.2 Å². The Balaban J connectivity index is 1.36. The average molecular weight is 508 g/mol. The van der Waals surface area contributed by atoms with E-state index in [0.29, 0.717) is 23.6 Å². The van der Waals surface area contributed by atoms with Crippen molar-refractivity contribution in [1.29, 1.82) is 0 Å². The molecule has 2 N–H and O–H groups in total. The molecule has 192 valence electrons. The van der Waals surface area contributed by atoms with Crippen molar-refractivity contribution in [3.8, 4) is 17.0 Å². The van der Waals surface area contributed by atoms with Crippen molar-refractivity contribution in [2.45, 2.75) is 52.1 Å². The molecular formula is C29H38ClN5O. The zero-order valence-electron chi connectivity index (χ0n) is 21.5. The van der Waals surface area contributed by atoms with Crippen molar-refractivity contribution < 1.29 is 5.11 Å². The van der Waals surface area contributed by atoms with E-state index >= 15 is 0 Å².